The number of methoxy groups -OCH3 is 1. The molecule has 1 atom stereocenters. The highest BCUT2D eigenvalue weighted by atomic mass is 16.5. The second-order valence-electron chi connectivity index (χ2n) is 8.33. The number of hydrogen-bond donors (Lipinski definition) is 0. The topological polar surface area (TPSA) is 75.6 Å². The van der Waals surface area contributed by atoms with Gasteiger partial charge in [-0.15, -0.1) is 0 Å². The second kappa shape index (κ2) is 9.04. The SMILES string of the molecule is CCC(=O)N1CCCC(c2nc(C)c3c(n2)N(Cc2ccc(OC)cc2)C(=O)CC3)C1. The van der Waals surface area contributed by atoms with Crippen LogP contribution in [-0.2, 0) is 22.6 Å². The molecule has 2 aliphatic heterocycles. The van der Waals surface area contributed by atoms with Gasteiger partial charge in [-0.05, 0) is 43.9 Å². The molecule has 2 aliphatic rings. The number of hydrogen-bond acceptors (Lipinski definition) is 5. The van der Waals surface area contributed by atoms with Crippen molar-refractivity contribution < 1.29 is 14.3 Å². The number of rotatable bonds is 5. The van der Waals surface area contributed by atoms with Crippen molar-refractivity contribution in [2.45, 2.75) is 58.4 Å². The molecule has 0 aliphatic carbocycles. The van der Waals surface area contributed by atoms with E-state index in [-0.39, 0.29) is 17.7 Å². The lowest BCUT2D eigenvalue weighted by Crippen LogP contribution is -2.40. The van der Waals surface area contributed by atoms with Crippen LogP contribution in [0.25, 0.3) is 0 Å². The molecule has 31 heavy (non-hydrogen) atoms. The standard InChI is InChI=1S/C24H30N4O3/c1-4-21(29)27-13-5-6-18(15-27)23-25-16(2)20-11-12-22(30)28(24(20)26-23)14-17-7-9-19(31-3)10-8-17/h7-10,18H,4-6,11-15H2,1-3H3. The second-order valence-corrected chi connectivity index (χ2v) is 8.33. The fraction of sp³-hybridized carbons (Fsp3) is 0.500. The number of carbonyl (C=O) groups is 2. The van der Waals surface area contributed by atoms with Gasteiger partial charge in [-0.25, -0.2) is 9.97 Å². The van der Waals surface area contributed by atoms with Crippen molar-refractivity contribution in [2.75, 3.05) is 25.1 Å². The number of nitrogens with zero attached hydrogens (tertiary/aromatic N) is 4. The van der Waals surface area contributed by atoms with Crippen LogP contribution in [0.1, 0.15) is 61.2 Å². The zero-order valence-corrected chi connectivity index (χ0v) is 18.6. The Morgan fingerprint density at radius 1 is 1.19 bits per heavy atom. The first-order valence-corrected chi connectivity index (χ1v) is 11.1. The van der Waals surface area contributed by atoms with Gasteiger partial charge in [0.15, 0.2) is 0 Å². The first-order valence-electron chi connectivity index (χ1n) is 11.1. The van der Waals surface area contributed by atoms with Gasteiger partial charge in [0.2, 0.25) is 11.8 Å². The molecule has 3 heterocycles. The third kappa shape index (κ3) is 4.40. The fourth-order valence-electron chi connectivity index (χ4n) is 4.50. The number of aromatic nitrogens is 2. The maximum atomic E-state index is 12.9. The molecule has 0 spiro atoms. The van der Waals surface area contributed by atoms with Crippen molar-refractivity contribution in [3.05, 3.63) is 46.9 Å². The zero-order chi connectivity index (χ0) is 22.0. The molecule has 0 radical (unpaired) electrons. The Labute approximate surface area is 183 Å². The Kier molecular flexibility index (Phi) is 6.20. The van der Waals surface area contributed by atoms with Crippen LogP contribution in [-0.4, -0.2) is 46.9 Å². The minimum Gasteiger partial charge on any atom is -0.497 e. The first-order chi connectivity index (χ1) is 15.0. The van der Waals surface area contributed by atoms with Crippen LogP contribution in [0.2, 0.25) is 0 Å². The summed E-state index contributed by atoms with van der Waals surface area (Å²) in [6.45, 7) is 5.82. The highest BCUT2D eigenvalue weighted by molar-refractivity contribution is 5.95. The molecule has 4 rings (SSSR count). The average Bonchev–Trinajstić information content (AvgIpc) is 2.80. The van der Waals surface area contributed by atoms with Crippen molar-refractivity contribution in [3.63, 3.8) is 0 Å². The van der Waals surface area contributed by atoms with E-state index in [2.05, 4.69) is 0 Å². The van der Waals surface area contributed by atoms with Gasteiger partial charge in [-0.2, -0.15) is 0 Å². The van der Waals surface area contributed by atoms with E-state index in [4.69, 9.17) is 14.7 Å². The summed E-state index contributed by atoms with van der Waals surface area (Å²) >= 11 is 0. The number of likely N-dealkylation sites (tertiary alicyclic amines) is 1. The van der Waals surface area contributed by atoms with Gasteiger partial charge in [0.05, 0.1) is 13.7 Å². The minimum atomic E-state index is 0.0822. The van der Waals surface area contributed by atoms with Crippen LogP contribution in [0.3, 0.4) is 0 Å². The van der Waals surface area contributed by atoms with E-state index in [1.807, 2.05) is 43.0 Å². The van der Waals surface area contributed by atoms with E-state index in [1.54, 1.807) is 12.0 Å². The molecule has 1 fully saturated rings. The van der Waals surface area contributed by atoms with Gasteiger partial charge >= 0.3 is 0 Å². The number of anilines is 1. The van der Waals surface area contributed by atoms with Crippen LogP contribution < -0.4 is 9.64 Å². The molecular weight excluding hydrogens is 392 g/mol. The summed E-state index contributed by atoms with van der Waals surface area (Å²) in [5.74, 6) is 2.63. The van der Waals surface area contributed by atoms with E-state index in [0.29, 0.717) is 32.4 Å². The molecule has 1 aromatic heterocycles. The van der Waals surface area contributed by atoms with Gasteiger partial charge in [0.1, 0.15) is 17.4 Å². The van der Waals surface area contributed by atoms with Crippen LogP contribution >= 0.6 is 0 Å². The monoisotopic (exact) mass is 422 g/mol. The largest absolute Gasteiger partial charge is 0.497 e. The first kappa shape index (κ1) is 21.3. The molecule has 0 bridgehead atoms. The van der Waals surface area contributed by atoms with Crippen LogP contribution in [0.15, 0.2) is 24.3 Å². The highest BCUT2D eigenvalue weighted by Gasteiger charge is 2.31. The molecule has 164 valence electrons. The summed E-state index contributed by atoms with van der Waals surface area (Å²) in [5, 5.41) is 0. The summed E-state index contributed by atoms with van der Waals surface area (Å²) < 4.78 is 5.24. The summed E-state index contributed by atoms with van der Waals surface area (Å²) in [6.07, 6.45) is 3.56. The molecular formula is C24H30N4O3. The third-order valence-corrected chi connectivity index (χ3v) is 6.30. The zero-order valence-electron chi connectivity index (χ0n) is 18.6. The van der Waals surface area contributed by atoms with Crippen LogP contribution in [0.4, 0.5) is 5.82 Å². The van der Waals surface area contributed by atoms with E-state index in [0.717, 1.165) is 53.6 Å². The normalized spacial score (nSPS) is 18.7. The van der Waals surface area contributed by atoms with E-state index in [1.165, 1.54) is 0 Å². The molecule has 0 N–H and O–H groups in total. The van der Waals surface area contributed by atoms with Crippen molar-refractivity contribution >= 4 is 17.6 Å². The van der Waals surface area contributed by atoms with Crippen molar-refractivity contribution in [1.29, 1.82) is 0 Å². The Morgan fingerprint density at radius 2 is 1.97 bits per heavy atom. The summed E-state index contributed by atoms with van der Waals surface area (Å²) in [6, 6.07) is 7.76. The Hall–Kier alpha value is -2.96. The summed E-state index contributed by atoms with van der Waals surface area (Å²) in [4.78, 5) is 38.5. The van der Waals surface area contributed by atoms with E-state index >= 15 is 0 Å². The molecule has 2 amide bonds. The van der Waals surface area contributed by atoms with Crippen molar-refractivity contribution in [3.8, 4) is 5.75 Å². The van der Waals surface area contributed by atoms with Crippen LogP contribution in [0.5, 0.6) is 5.75 Å². The Bertz CT molecular complexity index is 974. The number of ether oxygens (including phenoxy) is 1. The number of fused-ring (bicyclic) bond motifs is 1. The fourth-order valence-corrected chi connectivity index (χ4v) is 4.50. The lowest BCUT2D eigenvalue weighted by Gasteiger charge is -2.34. The van der Waals surface area contributed by atoms with Gasteiger partial charge in [0, 0.05) is 43.1 Å². The smallest absolute Gasteiger partial charge is 0.228 e. The predicted octanol–water partition coefficient (Wildman–Crippen LogP) is 3.39. The molecule has 1 unspecified atom stereocenters. The highest BCUT2D eigenvalue weighted by Crippen LogP contribution is 2.33. The van der Waals surface area contributed by atoms with E-state index in [9.17, 15) is 9.59 Å². The van der Waals surface area contributed by atoms with Crippen molar-refractivity contribution in [1.82, 2.24) is 14.9 Å². The van der Waals surface area contributed by atoms with Crippen LogP contribution in [0, 0.1) is 6.92 Å². The maximum Gasteiger partial charge on any atom is 0.228 e. The van der Waals surface area contributed by atoms with Crippen molar-refractivity contribution in [2.24, 2.45) is 0 Å². The third-order valence-electron chi connectivity index (χ3n) is 6.30. The quantitative estimate of drug-likeness (QED) is 0.738. The summed E-state index contributed by atoms with van der Waals surface area (Å²) in [7, 11) is 1.64. The number of amides is 2. The lowest BCUT2D eigenvalue weighted by atomic mass is 9.95. The predicted molar refractivity (Wildman–Crippen MR) is 118 cm³/mol. The molecule has 7 heteroatoms. The minimum absolute atomic E-state index is 0.0822. The number of aryl methyl sites for hydroxylation is 1. The molecule has 0 saturated carbocycles. The van der Waals surface area contributed by atoms with Gasteiger partial charge in [-0.1, -0.05) is 19.1 Å². The number of carbonyl (C=O) groups excluding carboxylic acids is 2. The Balaban J connectivity index is 1.64. The lowest BCUT2D eigenvalue weighted by molar-refractivity contribution is -0.132. The molecule has 1 aromatic carbocycles. The molecule has 7 nitrogen and oxygen atoms in total. The van der Waals surface area contributed by atoms with Gasteiger partial charge in [0.25, 0.3) is 0 Å². The summed E-state index contributed by atoms with van der Waals surface area (Å²) in [5.41, 5.74) is 3.01. The Morgan fingerprint density at radius 3 is 2.68 bits per heavy atom. The molecule has 1 saturated heterocycles. The maximum absolute atomic E-state index is 12.9. The number of piperidine rings is 1. The average molecular weight is 423 g/mol. The van der Waals surface area contributed by atoms with Gasteiger partial charge in [-0.3, -0.25) is 14.5 Å². The molecule has 2 aromatic rings. The van der Waals surface area contributed by atoms with Gasteiger partial charge < -0.3 is 9.64 Å². The number of benzene rings is 1. The van der Waals surface area contributed by atoms with E-state index < -0.39 is 0 Å².